The molecule has 0 spiro atoms. The Kier molecular flexibility index (Phi) is 7.17. The number of halogens is 1. The summed E-state index contributed by atoms with van der Waals surface area (Å²) in [7, 11) is 0. The zero-order valence-corrected chi connectivity index (χ0v) is 17.8. The summed E-state index contributed by atoms with van der Waals surface area (Å²) in [6, 6.07) is 14.9. The third kappa shape index (κ3) is 5.31. The highest BCUT2D eigenvalue weighted by Gasteiger charge is 2.35. The van der Waals surface area contributed by atoms with Crippen molar-refractivity contribution in [2.75, 3.05) is 19.7 Å². The summed E-state index contributed by atoms with van der Waals surface area (Å²) in [4.78, 5) is 37.9. The number of carbonyl (C=O) groups is 3. The third-order valence-electron chi connectivity index (χ3n) is 4.78. The first-order chi connectivity index (χ1) is 14.0. The summed E-state index contributed by atoms with van der Waals surface area (Å²) in [6.45, 7) is 3.07. The van der Waals surface area contributed by atoms with Crippen LogP contribution in [0, 0.1) is 0 Å². The first-order valence-electron chi connectivity index (χ1n) is 9.56. The molecular weight excluding hydrogens is 436 g/mol. The van der Waals surface area contributed by atoms with E-state index in [2.05, 4.69) is 21.2 Å². The van der Waals surface area contributed by atoms with Crippen LogP contribution in [0.15, 0.2) is 53.0 Å². The Morgan fingerprint density at radius 2 is 1.83 bits per heavy atom. The summed E-state index contributed by atoms with van der Waals surface area (Å²) in [5.41, 5.74) is 1.86. The monoisotopic (exact) mass is 458 g/mol. The lowest BCUT2D eigenvalue weighted by molar-refractivity contribution is -0.121. The molecule has 0 aliphatic carbocycles. The molecule has 1 N–H and O–H groups in total. The van der Waals surface area contributed by atoms with Gasteiger partial charge in [0, 0.05) is 30.6 Å². The van der Waals surface area contributed by atoms with Gasteiger partial charge < -0.3 is 10.1 Å². The molecule has 2 aromatic rings. The van der Waals surface area contributed by atoms with Crippen LogP contribution >= 0.6 is 15.9 Å². The molecule has 0 saturated heterocycles. The summed E-state index contributed by atoms with van der Waals surface area (Å²) in [5.74, 6) is -0.908. The molecule has 0 radical (unpaired) electrons. The second-order valence-corrected chi connectivity index (χ2v) is 7.74. The van der Waals surface area contributed by atoms with Crippen molar-refractivity contribution in [1.29, 1.82) is 0 Å². The van der Waals surface area contributed by atoms with Gasteiger partial charge in [-0.1, -0.05) is 46.3 Å². The number of hydrogen-bond acceptors (Lipinski definition) is 4. The fourth-order valence-electron chi connectivity index (χ4n) is 3.15. The quantitative estimate of drug-likeness (QED) is 0.458. The Hall–Kier alpha value is -2.51. The van der Waals surface area contributed by atoms with E-state index in [1.807, 2.05) is 37.3 Å². The Labute approximate surface area is 178 Å². The summed E-state index contributed by atoms with van der Waals surface area (Å²) >= 11 is 3.30. The molecule has 6 nitrogen and oxygen atoms in total. The molecule has 1 aliphatic heterocycles. The van der Waals surface area contributed by atoms with Gasteiger partial charge in [-0.2, -0.15) is 0 Å². The van der Waals surface area contributed by atoms with Crippen LogP contribution in [0.1, 0.15) is 52.1 Å². The molecule has 1 heterocycles. The summed E-state index contributed by atoms with van der Waals surface area (Å²) in [6.07, 6.45) is 0.762. The van der Waals surface area contributed by atoms with E-state index < -0.39 is 0 Å². The van der Waals surface area contributed by atoms with Crippen LogP contribution in [0.2, 0.25) is 0 Å². The zero-order valence-electron chi connectivity index (χ0n) is 16.2. The number of nitrogens with one attached hydrogen (secondary N) is 1. The van der Waals surface area contributed by atoms with Gasteiger partial charge in [0.1, 0.15) is 0 Å². The van der Waals surface area contributed by atoms with Crippen molar-refractivity contribution >= 4 is 33.7 Å². The number of rotatable bonds is 9. The van der Waals surface area contributed by atoms with E-state index in [4.69, 9.17) is 4.74 Å². The van der Waals surface area contributed by atoms with Gasteiger partial charge in [-0.15, -0.1) is 0 Å². The number of fused-ring (bicyclic) bond motifs is 1. The molecule has 3 rings (SSSR count). The molecule has 2 aromatic carbocycles. The molecule has 0 fully saturated rings. The molecule has 1 unspecified atom stereocenters. The van der Waals surface area contributed by atoms with Gasteiger partial charge in [-0.05, 0) is 37.1 Å². The van der Waals surface area contributed by atoms with E-state index in [0.29, 0.717) is 30.7 Å². The Morgan fingerprint density at radius 3 is 2.59 bits per heavy atom. The highest BCUT2D eigenvalue weighted by Crippen LogP contribution is 2.26. The van der Waals surface area contributed by atoms with E-state index in [1.54, 1.807) is 18.2 Å². The molecule has 0 aromatic heterocycles. The Balaban J connectivity index is 1.35. The van der Waals surface area contributed by atoms with Crippen molar-refractivity contribution in [2.45, 2.75) is 25.9 Å². The fraction of sp³-hybridized carbons (Fsp3) is 0.318. The van der Waals surface area contributed by atoms with Gasteiger partial charge >= 0.3 is 0 Å². The SMILES string of the molecule is CC(OCCCNC(=O)CCN1C(=O)c2ccc(Br)cc2C1=O)c1ccccc1. The van der Waals surface area contributed by atoms with Crippen molar-refractivity contribution in [3.05, 3.63) is 69.7 Å². The van der Waals surface area contributed by atoms with Crippen LogP contribution < -0.4 is 5.32 Å². The summed E-state index contributed by atoms with van der Waals surface area (Å²) < 4.78 is 6.51. The first kappa shape index (κ1) is 21.2. The number of imide groups is 1. The number of benzene rings is 2. The topological polar surface area (TPSA) is 75.7 Å². The maximum atomic E-state index is 12.4. The lowest BCUT2D eigenvalue weighted by atomic mass is 10.1. The van der Waals surface area contributed by atoms with Gasteiger partial charge in [0.15, 0.2) is 0 Å². The fourth-order valence-corrected chi connectivity index (χ4v) is 3.51. The Bertz CT molecular complexity index is 901. The number of nitrogens with zero attached hydrogens (tertiary/aromatic N) is 1. The van der Waals surface area contributed by atoms with E-state index >= 15 is 0 Å². The van der Waals surface area contributed by atoms with Gasteiger partial charge in [0.05, 0.1) is 17.2 Å². The van der Waals surface area contributed by atoms with Crippen LogP contribution in [-0.2, 0) is 9.53 Å². The predicted molar refractivity (Wildman–Crippen MR) is 113 cm³/mol. The molecule has 1 aliphatic rings. The van der Waals surface area contributed by atoms with E-state index in [-0.39, 0.29) is 36.8 Å². The van der Waals surface area contributed by atoms with Gasteiger partial charge in [-0.25, -0.2) is 0 Å². The van der Waals surface area contributed by atoms with Crippen molar-refractivity contribution in [3.8, 4) is 0 Å². The van der Waals surface area contributed by atoms with E-state index in [1.165, 1.54) is 0 Å². The maximum Gasteiger partial charge on any atom is 0.261 e. The lowest BCUT2D eigenvalue weighted by Gasteiger charge is -2.14. The minimum atomic E-state index is -0.359. The molecule has 3 amide bonds. The number of amides is 3. The molecule has 0 bridgehead atoms. The maximum absolute atomic E-state index is 12.4. The second kappa shape index (κ2) is 9.80. The first-order valence-corrected chi connectivity index (χ1v) is 10.4. The average molecular weight is 459 g/mol. The van der Waals surface area contributed by atoms with Crippen molar-refractivity contribution in [1.82, 2.24) is 10.2 Å². The summed E-state index contributed by atoms with van der Waals surface area (Å²) in [5, 5.41) is 2.80. The van der Waals surface area contributed by atoms with Gasteiger partial charge in [-0.3, -0.25) is 19.3 Å². The van der Waals surface area contributed by atoms with Crippen LogP contribution in [0.25, 0.3) is 0 Å². The normalized spacial score (nSPS) is 14.1. The molecule has 1 atom stereocenters. The Morgan fingerprint density at radius 1 is 1.10 bits per heavy atom. The standard InChI is InChI=1S/C22H23BrN2O4/c1-15(16-6-3-2-4-7-16)29-13-5-11-24-20(26)10-12-25-21(27)18-9-8-17(23)14-19(18)22(25)28/h2-4,6-9,14-15H,5,10-13H2,1H3,(H,24,26). The van der Waals surface area contributed by atoms with Gasteiger partial charge in [0.25, 0.3) is 11.8 Å². The minimum Gasteiger partial charge on any atom is -0.374 e. The number of ether oxygens (including phenoxy) is 1. The molecule has 29 heavy (non-hydrogen) atoms. The smallest absolute Gasteiger partial charge is 0.261 e. The molecular formula is C22H23BrN2O4. The zero-order chi connectivity index (χ0) is 20.8. The van der Waals surface area contributed by atoms with Crippen molar-refractivity contribution in [3.63, 3.8) is 0 Å². The van der Waals surface area contributed by atoms with Gasteiger partial charge in [0.2, 0.25) is 5.91 Å². The van der Waals surface area contributed by atoms with E-state index in [9.17, 15) is 14.4 Å². The average Bonchev–Trinajstić information content (AvgIpc) is 2.96. The third-order valence-corrected chi connectivity index (χ3v) is 5.27. The van der Waals surface area contributed by atoms with Crippen LogP contribution in [0.3, 0.4) is 0 Å². The highest BCUT2D eigenvalue weighted by atomic mass is 79.9. The molecule has 152 valence electrons. The van der Waals surface area contributed by atoms with Crippen molar-refractivity contribution < 1.29 is 19.1 Å². The van der Waals surface area contributed by atoms with E-state index in [0.717, 1.165) is 14.9 Å². The lowest BCUT2D eigenvalue weighted by Crippen LogP contribution is -2.35. The second-order valence-electron chi connectivity index (χ2n) is 6.83. The number of hydrogen-bond donors (Lipinski definition) is 1. The highest BCUT2D eigenvalue weighted by molar-refractivity contribution is 9.10. The van der Waals surface area contributed by atoms with Crippen LogP contribution in [0.4, 0.5) is 0 Å². The predicted octanol–water partition coefficient (Wildman–Crippen LogP) is 3.72. The largest absolute Gasteiger partial charge is 0.374 e. The van der Waals surface area contributed by atoms with Crippen molar-refractivity contribution in [2.24, 2.45) is 0 Å². The molecule has 0 saturated carbocycles. The molecule has 7 heteroatoms. The van der Waals surface area contributed by atoms with Crippen LogP contribution in [-0.4, -0.2) is 42.3 Å². The van der Waals surface area contributed by atoms with Crippen LogP contribution in [0.5, 0.6) is 0 Å². The minimum absolute atomic E-state index is 0.000706. The number of carbonyl (C=O) groups excluding carboxylic acids is 3.